The maximum absolute atomic E-state index is 11.6. The minimum atomic E-state index is -1.35. The van der Waals surface area contributed by atoms with E-state index in [1.807, 2.05) is 12.1 Å². The van der Waals surface area contributed by atoms with Gasteiger partial charge in [-0.2, -0.15) is 0 Å². The molecule has 0 aromatic heterocycles. The molecule has 0 aliphatic heterocycles. The van der Waals surface area contributed by atoms with Crippen LogP contribution >= 0.6 is 22.6 Å². The molecule has 1 rings (SSSR count). The highest BCUT2D eigenvalue weighted by molar-refractivity contribution is 14.1. The molecule has 0 saturated heterocycles. The molecule has 0 heterocycles. The zero-order valence-electron chi connectivity index (χ0n) is 10.6. The van der Waals surface area contributed by atoms with Crippen LogP contribution in [0.3, 0.4) is 0 Å². The first-order chi connectivity index (χ1) is 8.33. The Balaban J connectivity index is 3.35. The molecule has 1 atom stereocenters. The zero-order chi connectivity index (χ0) is 13.9. The third-order valence-corrected chi connectivity index (χ3v) is 3.73. The molecule has 0 fully saturated rings. The highest BCUT2D eigenvalue weighted by Gasteiger charge is 2.42. The topological polar surface area (TPSA) is 57.6 Å². The van der Waals surface area contributed by atoms with Gasteiger partial charge in [0.25, 0.3) is 0 Å². The van der Waals surface area contributed by atoms with Crippen molar-refractivity contribution in [2.75, 3.05) is 0 Å². The molecule has 0 radical (unpaired) electrons. The van der Waals surface area contributed by atoms with Crippen LogP contribution in [0.1, 0.15) is 26.3 Å². The lowest BCUT2D eigenvalue weighted by molar-refractivity contribution is -0.156. The molecular formula is C13H16INO3. The van der Waals surface area contributed by atoms with E-state index in [1.54, 1.807) is 32.9 Å². The Kier molecular flexibility index (Phi) is 4.72. The van der Waals surface area contributed by atoms with Crippen molar-refractivity contribution in [1.82, 2.24) is 4.90 Å². The van der Waals surface area contributed by atoms with E-state index < -0.39 is 11.5 Å². The number of carboxylic acid groups (broad SMARTS) is 1. The molecule has 18 heavy (non-hydrogen) atoms. The standard InChI is InChI=1S/C13H16INO3/c1-9(2)15(8-16)13(3,12(17)18)10-4-6-11(14)7-5-10/h4-9H,1-3H3,(H,17,18). The van der Waals surface area contributed by atoms with Crippen molar-refractivity contribution in [3.8, 4) is 0 Å². The number of amides is 1. The van der Waals surface area contributed by atoms with E-state index in [9.17, 15) is 14.7 Å². The van der Waals surface area contributed by atoms with Gasteiger partial charge in [0.2, 0.25) is 6.41 Å². The first-order valence-electron chi connectivity index (χ1n) is 5.57. The van der Waals surface area contributed by atoms with Crippen LogP contribution in [0.2, 0.25) is 0 Å². The number of hydrogen-bond acceptors (Lipinski definition) is 2. The van der Waals surface area contributed by atoms with E-state index in [0.29, 0.717) is 12.0 Å². The fraction of sp³-hybridized carbons (Fsp3) is 0.385. The van der Waals surface area contributed by atoms with E-state index >= 15 is 0 Å². The molecule has 98 valence electrons. The molecule has 0 aliphatic carbocycles. The van der Waals surface area contributed by atoms with Crippen molar-refractivity contribution in [2.24, 2.45) is 0 Å². The van der Waals surface area contributed by atoms with Crippen LogP contribution in [0.25, 0.3) is 0 Å². The molecule has 4 nitrogen and oxygen atoms in total. The molecule has 1 aromatic rings. The number of halogens is 1. The molecule has 1 aromatic carbocycles. The van der Waals surface area contributed by atoms with Crippen LogP contribution in [-0.2, 0) is 15.1 Å². The zero-order valence-corrected chi connectivity index (χ0v) is 12.7. The molecule has 1 amide bonds. The molecule has 0 spiro atoms. The number of rotatable bonds is 5. The minimum absolute atomic E-state index is 0.192. The van der Waals surface area contributed by atoms with Gasteiger partial charge in [-0.05, 0) is 61.1 Å². The molecule has 0 aliphatic rings. The van der Waals surface area contributed by atoms with Gasteiger partial charge in [0.1, 0.15) is 0 Å². The Morgan fingerprint density at radius 2 is 1.89 bits per heavy atom. The van der Waals surface area contributed by atoms with E-state index in [2.05, 4.69) is 22.6 Å². The predicted octanol–water partition coefficient (Wildman–Crippen LogP) is 2.46. The number of carbonyl (C=O) groups excluding carboxylic acids is 1. The summed E-state index contributed by atoms with van der Waals surface area (Å²) in [5, 5.41) is 9.50. The lowest BCUT2D eigenvalue weighted by Gasteiger charge is -2.38. The SMILES string of the molecule is CC(C)N(C=O)C(C)(C(=O)O)c1ccc(I)cc1. The number of hydrogen-bond donors (Lipinski definition) is 1. The average Bonchev–Trinajstić information content (AvgIpc) is 2.29. The van der Waals surface area contributed by atoms with Crippen molar-refractivity contribution in [2.45, 2.75) is 32.4 Å². The average molecular weight is 361 g/mol. The summed E-state index contributed by atoms with van der Waals surface area (Å²) in [5.41, 5.74) is -0.753. The minimum Gasteiger partial charge on any atom is -0.479 e. The quantitative estimate of drug-likeness (QED) is 0.648. The second-order valence-corrected chi connectivity index (χ2v) is 5.74. The number of nitrogens with zero attached hydrogens (tertiary/aromatic N) is 1. The summed E-state index contributed by atoms with van der Waals surface area (Å²) >= 11 is 2.15. The Bertz CT molecular complexity index is 444. The predicted molar refractivity (Wildman–Crippen MR) is 77.2 cm³/mol. The van der Waals surface area contributed by atoms with Gasteiger partial charge >= 0.3 is 5.97 Å². The summed E-state index contributed by atoms with van der Waals surface area (Å²) in [4.78, 5) is 24.1. The van der Waals surface area contributed by atoms with Crippen LogP contribution in [0.4, 0.5) is 0 Å². The third kappa shape index (κ3) is 2.66. The van der Waals surface area contributed by atoms with Crippen LogP contribution in [0, 0.1) is 3.57 Å². The van der Waals surface area contributed by atoms with Gasteiger partial charge in [0.05, 0.1) is 0 Å². The molecule has 5 heteroatoms. The second kappa shape index (κ2) is 5.69. The van der Waals surface area contributed by atoms with Gasteiger partial charge in [-0.15, -0.1) is 0 Å². The summed E-state index contributed by atoms with van der Waals surface area (Å²) in [6.07, 6.45) is 0.594. The molecule has 1 unspecified atom stereocenters. The normalized spacial score (nSPS) is 14.1. The highest BCUT2D eigenvalue weighted by atomic mass is 127. The molecule has 1 N–H and O–H groups in total. The van der Waals surface area contributed by atoms with E-state index in [1.165, 1.54) is 4.90 Å². The molecule has 0 saturated carbocycles. The first-order valence-corrected chi connectivity index (χ1v) is 6.65. The lowest BCUT2D eigenvalue weighted by Crippen LogP contribution is -2.52. The first kappa shape index (κ1) is 14.9. The van der Waals surface area contributed by atoms with Crippen molar-refractivity contribution in [1.29, 1.82) is 0 Å². The van der Waals surface area contributed by atoms with Crippen LogP contribution < -0.4 is 0 Å². The third-order valence-electron chi connectivity index (χ3n) is 3.01. The van der Waals surface area contributed by atoms with Crippen molar-refractivity contribution >= 4 is 35.0 Å². The number of benzene rings is 1. The monoisotopic (exact) mass is 361 g/mol. The number of carbonyl (C=O) groups is 2. The Morgan fingerprint density at radius 3 is 2.22 bits per heavy atom. The van der Waals surface area contributed by atoms with Crippen LogP contribution in [-0.4, -0.2) is 28.4 Å². The van der Waals surface area contributed by atoms with E-state index in [0.717, 1.165) is 3.57 Å². The Labute approximate surface area is 120 Å². The van der Waals surface area contributed by atoms with Gasteiger partial charge < -0.3 is 10.0 Å². The van der Waals surface area contributed by atoms with Gasteiger partial charge in [-0.3, -0.25) is 4.79 Å². The van der Waals surface area contributed by atoms with E-state index in [-0.39, 0.29) is 6.04 Å². The second-order valence-electron chi connectivity index (χ2n) is 4.49. The maximum atomic E-state index is 11.6. The summed E-state index contributed by atoms with van der Waals surface area (Å²) in [6, 6.07) is 6.97. The van der Waals surface area contributed by atoms with Crippen molar-refractivity contribution < 1.29 is 14.7 Å². The Morgan fingerprint density at radius 1 is 1.39 bits per heavy atom. The smallest absolute Gasteiger partial charge is 0.334 e. The van der Waals surface area contributed by atoms with Gasteiger partial charge in [0, 0.05) is 9.61 Å². The summed E-state index contributed by atoms with van der Waals surface area (Å²) < 4.78 is 1.02. The summed E-state index contributed by atoms with van der Waals surface area (Å²) in [6.45, 7) is 5.14. The number of aliphatic carboxylic acids is 1. The Hall–Kier alpha value is -1.11. The summed E-state index contributed by atoms with van der Waals surface area (Å²) in [5.74, 6) is -1.04. The van der Waals surface area contributed by atoms with Gasteiger partial charge in [-0.25, -0.2) is 4.79 Å². The van der Waals surface area contributed by atoms with Crippen LogP contribution in [0.15, 0.2) is 24.3 Å². The highest BCUT2D eigenvalue weighted by Crippen LogP contribution is 2.30. The van der Waals surface area contributed by atoms with E-state index in [4.69, 9.17) is 0 Å². The summed E-state index contributed by atoms with van der Waals surface area (Å²) in [7, 11) is 0. The van der Waals surface area contributed by atoms with Crippen LogP contribution in [0.5, 0.6) is 0 Å². The molecule has 0 bridgehead atoms. The van der Waals surface area contributed by atoms with Crippen molar-refractivity contribution in [3.63, 3.8) is 0 Å². The van der Waals surface area contributed by atoms with Gasteiger partial charge in [-0.1, -0.05) is 12.1 Å². The lowest BCUT2D eigenvalue weighted by atomic mass is 9.89. The maximum Gasteiger partial charge on any atom is 0.334 e. The van der Waals surface area contributed by atoms with Gasteiger partial charge in [0.15, 0.2) is 5.54 Å². The largest absolute Gasteiger partial charge is 0.479 e. The van der Waals surface area contributed by atoms with Crippen molar-refractivity contribution in [3.05, 3.63) is 33.4 Å². The fourth-order valence-corrected chi connectivity index (χ4v) is 2.26. The number of carboxylic acids is 1. The fourth-order valence-electron chi connectivity index (χ4n) is 1.90. The molecular weight excluding hydrogens is 345 g/mol.